The molecule has 0 aliphatic carbocycles. The molecule has 1 N–H and O–H groups in total. The minimum absolute atomic E-state index is 0.0910. The zero-order valence-electron chi connectivity index (χ0n) is 9.24. The lowest BCUT2D eigenvalue weighted by Crippen LogP contribution is -2.09. The van der Waals surface area contributed by atoms with Crippen molar-refractivity contribution in [1.82, 2.24) is 4.98 Å². The number of methoxy groups -OCH3 is 1. The van der Waals surface area contributed by atoms with Crippen molar-refractivity contribution in [3.8, 4) is 11.6 Å². The standard InChI is InChI=1S/C10H11F2NO4/c1-3-17-10(15)6-4-5(8(11)12)7(14)9(13-6)16-2/h4,8,14H,3H2,1-2H3. The number of hydrogen-bond donors (Lipinski definition) is 1. The molecule has 5 nitrogen and oxygen atoms in total. The van der Waals surface area contributed by atoms with Gasteiger partial charge in [-0.15, -0.1) is 0 Å². The average molecular weight is 247 g/mol. The summed E-state index contributed by atoms with van der Waals surface area (Å²) in [5.74, 6) is -2.07. The second kappa shape index (κ2) is 5.42. The maximum Gasteiger partial charge on any atom is 0.357 e. The van der Waals surface area contributed by atoms with E-state index in [4.69, 9.17) is 0 Å². The molecule has 0 atom stereocenters. The highest BCUT2D eigenvalue weighted by Gasteiger charge is 2.22. The molecule has 0 saturated carbocycles. The molecule has 0 aliphatic rings. The minimum atomic E-state index is -2.94. The van der Waals surface area contributed by atoms with Crippen LogP contribution < -0.4 is 4.74 Å². The van der Waals surface area contributed by atoms with Crippen LogP contribution in [0.3, 0.4) is 0 Å². The Bertz CT molecular complexity index is 423. The van der Waals surface area contributed by atoms with Gasteiger partial charge >= 0.3 is 5.97 Å². The molecule has 1 aromatic heterocycles. The summed E-state index contributed by atoms with van der Waals surface area (Å²) in [6.45, 7) is 1.66. The second-order valence-electron chi connectivity index (χ2n) is 2.98. The van der Waals surface area contributed by atoms with Crippen LogP contribution in [0.15, 0.2) is 6.07 Å². The van der Waals surface area contributed by atoms with Crippen LogP contribution in [0, 0.1) is 0 Å². The summed E-state index contributed by atoms with van der Waals surface area (Å²) in [4.78, 5) is 14.9. The van der Waals surface area contributed by atoms with Gasteiger partial charge in [-0.25, -0.2) is 18.6 Å². The Kier molecular flexibility index (Phi) is 4.19. The van der Waals surface area contributed by atoms with E-state index in [-0.39, 0.29) is 12.3 Å². The van der Waals surface area contributed by atoms with Crippen molar-refractivity contribution < 1.29 is 28.2 Å². The Balaban J connectivity index is 3.25. The van der Waals surface area contributed by atoms with E-state index in [1.807, 2.05) is 0 Å². The number of alkyl halides is 2. The van der Waals surface area contributed by atoms with Crippen LogP contribution in [-0.4, -0.2) is 29.8 Å². The van der Waals surface area contributed by atoms with Crippen molar-refractivity contribution in [2.75, 3.05) is 13.7 Å². The van der Waals surface area contributed by atoms with E-state index in [0.29, 0.717) is 0 Å². The summed E-state index contributed by atoms with van der Waals surface area (Å²) in [6, 6.07) is 0.778. The molecule has 0 bridgehead atoms. The fourth-order valence-electron chi connectivity index (χ4n) is 1.15. The number of rotatable bonds is 4. The summed E-state index contributed by atoms with van der Waals surface area (Å²) < 4.78 is 34.4. The van der Waals surface area contributed by atoms with Crippen molar-refractivity contribution in [2.24, 2.45) is 0 Å². The molecule has 1 aromatic rings. The highest BCUT2D eigenvalue weighted by Crippen LogP contribution is 2.35. The number of carbonyl (C=O) groups is 1. The summed E-state index contributed by atoms with van der Waals surface area (Å²) in [5.41, 5.74) is -1.06. The predicted molar refractivity (Wildman–Crippen MR) is 53.4 cm³/mol. The van der Waals surface area contributed by atoms with Gasteiger partial charge < -0.3 is 14.6 Å². The lowest BCUT2D eigenvalue weighted by atomic mass is 10.2. The number of pyridine rings is 1. The molecule has 0 unspecified atom stereocenters. The van der Waals surface area contributed by atoms with Gasteiger partial charge in [0, 0.05) is 0 Å². The van der Waals surface area contributed by atoms with Crippen LogP contribution in [0.25, 0.3) is 0 Å². The first kappa shape index (κ1) is 13.1. The van der Waals surface area contributed by atoms with Crippen LogP contribution >= 0.6 is 0 Å². The van der Waals surface area contributed by atoms with E-state index in [0.717, 1.165) is 13.2 Å². The molecule has 17 heavy (non-hydrogen) atoms. The van der Waals surface area contributed by atoms with Crippen molar-refractivity contribution in [1.29, 1.82) is 0 Å². The molecular weight excluding hydrogens is 236 g/mol. The Morgan fingerprint density at radius 2 is 2.24 bits per heavy atom. The number of aromatic nitrogens is 1. The molecule has 1 rings (SSSR count). The zero-order valence-corrected chi connectivity index (χ0v) is 9.24. The fourth-order valence-corrected chi connectivity index (χ4v) is 1.15. The first-order valence-electron chi connectivity index (χ1n) is 4.74. The Morgan fingerprint density at radius 3 is 2.71 bits per heavy atom. The Morgan fingerprint density at radius 1 is 1.59 bits per heavy atom. The van der Waals surface area contributed by atoms with Gasteiger partial charge in [0.1, 0.15) is 0 Å². The summed E-state index contributed by atoms with van der Waals surface area (Å²) in [6.07, 6.45) is -2.94. The third-order valence-corrected chi connectivity index (χ3v) is 1.90. The maximum absolute atomic E-state index is 12.6. The average Bonchev–Trinajstić information content (AvgIpc) is 2.29. The third-order valence-electron chi connectivity index (χ3n) is 1.90. The number of halogens is 2. The van der Waals surface area contributed by atoms with Crippen LogP contribution in [0.4, 0.5) is 8.78 Å². The number of nitrogens with zero attached hydrogens (tertiary/aromatic N) is 1. The van der Waals surface area contributed by atoms with Crippen LogP contribution in [-0.2, 0) is 4.74 Å². The lowest BCUT2D eigenvalue weighted by molar-refractivity contribution is 0.0517. The van der Waals surface area contributed by atoms with Gasteiger partial charge in [0.25, 0.3) is 12.3 Å². The monoisotopic (exact) mass is 247 g/mol. The molecule has 0 fully saturated rings. The second-order valence-corrected chi connectivity index (χ2v) is 2.98. The molecule has 0 radical (unpaired) electrons. The van der Waals surface area contributed by atoms with E-state index in [1.165, 1.54) is 0 Å². The van der Waals surface area contributed by atoms with Crippen molar-refractivity contribution >= 4 is 5.97 Å². The first-order valence-corrected chi connectivity index (χ1v) is 4.74. The van der Waals surface area contributed by atoms with Gasteiger partial charge in [0.2, 0.25) is 0 Å². The number of carbonyl (C=O) groups excluding carboxylic acids is 1. The maximum atomic E-state index is 12.6. The quantitative estimate of drug-likeness (QED) is 0.823. The molecule has 7 heteroatoms. The van der Waals surface area contributed by atoms with Crippen LogP contribution in [0.5, 0.6) is 11.6 Å². The van der Waals surface area contributed by atoms with E-state index in [2.05, 4.69) is 14.5 Å². The summed E-state index contributed by atoms with van der Waals surface area (Å²) in [7, 11) is 1.15. The van der Waals surface area contributed by atoms with Crippen LogP contribution in [0.1, 0.15) is 29.4 Å². The van der Waals surface area contributed by atoms with Gasteiger partial charge in [-0.3, -0.25) is 0 Å². The van der Waals surface area contributed by atoms with Gasteiger partial charge in [-0.1, -0.05) is 0 Å². The molecule has 0 amide bonds. The third kappa shape index (κ3) is 2.80. The van der Waals surface area contributed by atoms with E-state index < -0.39 is 29.6 Å². The van der Waals surface area contributed by atoms with Crippen molar-refractivity contribution in [3.63, 3.8) is 0 Å². The first-order chi connectivity index (χ1) is 8.01. The van der Waals surface area contributed by atoms with Crippen molar-refractivity contribution in [3.05, 3.63) is 17.3 Å². The largest absolute Gasteiger partial charge is 0.503 e. The molecule has 1 heterocycles. The SMILES string of the molecule is CCOC(=O)c1cc(C(F)F)c(O)c(OC)n1. The van der Waals surface area contributed by atoms with Gasteiger partial charge in [0.15, 0.2) is 11.4 Å². The van der Waals surface area contributed by atoms with E-state index in [9.17, 15) is 18.7 Å². The number of hydrogen-bond acceptors (Lipinski definition) is 5. The lowest BCUT2D eigenvalue weighted by Gasteiger charge is -2.09. The normalized spacial score (nSPS) is 10.4. The minimum Gasteiger partial charge on any atom is -0.503 e. The van der Waals surface area contributed by atoms with Crippen molar-refractivity contribution in [2.45, 2.75) is 13.3 Å². The molecule has 0 saturated heterocycles. The van der Waals surface area contributed by atoms with Gasteiger partial charge in [-0.2, -0.15) is 0 Å². The topological polar surface area (TPSA) is 68.7 Å². The molecule has 94 valence electrons. The fraction of sp³-hybridized carbons (Fsp3) is 0.400. The predicted octanol–water partition coefficient (Wildman–Crippen LogP) is 1.91. The highest BCUT2D eigenvalue weighted by atomic mass is 19.3. The Hall–Kier alpha value is -1.92. The van der Waals surface area contributed by atoms with Gasteiger partial charge in [0.05, 0.1) is 19.3 Å². The number of aromatic hydroxyl groups is 1. The van der Waals surface area contributed by atoms with E-state index in [1.54, 1.807) is 6.92 Å². The number of esters is 1. The Labute approximate surface area is 96.0 Å². The van der Waals surface area contributed by atoms with Crippen LogP contribution in [0.2, 0.25) is 0 Å². The number of ether oxygens (including phenoxy) is 2. The molecule has 0 aromatic carbocycles. The zero-order chi connectivity index (χ0) is 13.0. The smallest absolute Gasteiger partial charge is 0.357 e. The van der Waals surface area contributed by atoms with Gasteiger partial charge in [-0.05, 0) is 13.0 Å². The summed E-state index contributed by atoms with van der Waals surface area (Å²) >= 11 is 0. The van der Waals surface area contributed by atoms with E-state index >= 15 is 0 Å². The molecular formula is C10H11F2NO4. The molecule has 0 spiro atoms. The molecule has 0 aliphatic heterocycles. The highest BCUT2D eigenvalue weighted by molar-refractivity contribution is 5.88. The summed E-state index contributed by atoms with van der Waals surface area (Å²) in [5, 5.41) is 9.38.